The Bertz CT molecular complexity index is 2870. The van der Waals surface area contributed by atoms with Crippen LogP contribution in [0.15, 0.2) is 97.1 Å². The smallest absolute Gasteiger partial charge is 0.338 e. The van der Waals surface area contributed by atoms with Crippen LogP contribution < -0.4 is 41.5 Å². The van der Waals surface area contributed by atoms with Gasteiger partial charge in [-0.2, -0.15) is 0 Å². The zero-order valence-electron chi connectivity index (χ0n) is 36.2. The number of carbonyl (C=O) groups is 2. The van der Waals surface area contributed by atoms with Gasteiger partial charge in [0, 0.05) is 93.1 Å². The third-order valence-corrected chi connectivity index (χ3v) is 17.6. The van der Waals surface area contributed by atoms with Gasteiger partial charge in [-0.1, -0.05) is 126 Å². The van der Waals surface area contributed by atoms with Crippen molar-refractivity contribution in [2.75, 3.05) is 14.2 Å². The minimum absolute atomic E-state index is 0.0108. The Hall–Kier alpha value is -4.60. The fraction of sp³-hybridized carbons (Fsp3) is 0.0870. The maximum Gasteiger partial charge on any atom is 0.338 e. The van der Waals surface area contributed by atoms with Crippen molar-refractivity contribution in [2.24, 2.45) is 0 Å². The number of esters is 2. The monoisotopic (exact) mass is 924 g/mol. The number of hydrogen-bond acceptors (Lipinski definition) is 6. The third-order valence-electron chi connectivity index (χ3n) is 11.8. The molecule has 0 spiro atoms. The highest BCUT2D eigenvalue weighted by Gasteiger charge is 2.26. The highest BCUT2D eigenvalue weighted by atomic mass is 28.2. The van der Waals surface area contributed by atoms with Gasteiger partial charge in [-0.15, -0.1) is 0 Å². The van der Waals surface area contributed by atoms with Gasteiger partial charge >= 0.3 is 11.9 Å². The molecule has 2 N–H and O–H groups in total. The van der Waals surface area contributed by atoms with E-state index in [0.29, 0.717) is 11.1 Å². The summed E-state index contributed by atoms with van der Waals surface area (Å²) in [6.07, 6.45) is 0. The van der Waals surface area contributed by atoms with Crippen LogP contribution in [0.1, 0.15) is 31.8 Å². The first-order chi connectivity index (χ1) is 28.7. The van der Waals surface area contributed by atoms with E-state index in [-0.39, 0.29) is 13.2 Å². The van der Waals surface area contributed by atoms with Crippen LogP contribution in [0.5, 0.6) is 0 Å². The Labute approximate surface area is 374 Å². The Morgan fingerprint density at radius 1 is 0.400 bits per heavy atom. The van der Waals surface area contributed by atoms with E-state index in [1.54, 1.807) is 0 Å². The van der Waals surface area contributed by atoms with Crippen molar-refractivity contribution in [1.29, 1.82) is 0 Å². The molecule has 8 aromatic carbocycles. The molecule has 0 radical (unpaired) electrons. The molecule has 0 saturated carbocycles. The number of carbonyl (C=O) groups excluding carboxylic acids is 2. The summed E-state index contributed by atoms with van der Waals surface area (Å²) in [4.78, 5) is 25.9. The number of ether oxygens (including phenoxy) is 2. The van der Waals surface area contributed by atoms with Gasteiger partial charge in [-0.25, -0.2) is 9.59 Å². The Morgan fingerprint density at radius 2 is 0.667 bits per heavy atom. The summed E-state index contributed by atoms with van der Waals surface area (Å²) < 4.78 is 10.4. The van der Waals surface area contributed by atoms with E-state index in [0.717, 1.165) is 147 Å². The maximum absolute atomic E-state index is 13.0. The van der Waals surface area contributed by atoms with Crippen LogP contribution in [0.3, 0.4) is 0 Å². The molecule has 0 aliphatic carbocycles. The van der Waals surface area contributed by atoms with E-state index < -0.39 is 11.9 Å². The molecular formula is C46H52O6Si8. The highest BCUT2D eigenvalue weighted by Crippen LogP contribution is 2.40. The molecule has 304 valence electrons. The molecule has 0 unspecified atom stereocenters. The van der Waals surface area contributed by atoms with E-state index in [1.165, 1.54) is 66.9 Å². The van der Waals surface area contributed by atoms with Crippen molar-refractivity contribution in [3.05, 3.63) is 119 Å². The number of aliphatic hydroxyl groups is 2. The molecule has 60 heavy (non-hydrogen) atoms. The van der Waals surface area contributed by atoms with Crippen molar-refractivity contribution in [3.63, 3.8) is 0 Å². The lowest BCUT2D eigenvalue weighted by molar-refractivity contribution is 0.0590. The van der Waals surface area contributed by atoms with Crippen LogP contribution in [0.4, 0.5) is 0 Å². The summed E-state index contributed by atoms with van der Waals surface area (Å²) in [5.74, 6) is -0.792. The molecule has 0 atom stereocenters. The normalized spacial score (nSPS) is 11.7. The van der Waals surface area contributed by atoms with E-state index in [2.05, 4.69) is 84.9 Å². The SMILES string of the molecule is COC(=O)c1cc([SiH3])c2cc([SiH3])ccc2c1-c1c(C(=O)OC)cc([SiH3])c2cc([SiH3])ccc12.OCc1cc([SiH3])c2cc([SiH3])ccc2c1-c1c(CO)cc([SiH3])c2cc([SiH3])ccc12. The standard InChI is InChI=1S/C24H26O4Si4.C22H26O2Si4/c1-27-23(25)17-9-19(31)15-7-11(29)3-5-13(15)21(17)22-14-6-4-12(30)8-16(14)20(32)10-18(22)24(26)28-2;23-9-11-5-19(27)17-7-13(25)1-3-15(17)21(11)22-12(10-24)6-20(28)18-8-14(26)2-4-16(18)22/h3-10H,1-2,29-32H3;1-8,23-24H,9-10H2,25-28H3. The lowest BCUT2D eigenvalue weighted by Gasteiger charge is -2.21. The van der Waals surface area contributed by atoms with Gasteiger partial charge in [-0.05, 0) is 77.5 Å². The van der Waals surface area contributed by atoms with Crippen LogP contribution in [-0.2, 0) is 22.7 Å². The average molecular weight is 926 g/mol. The van der Waals surface area contributed by atoms with Gasteiger partial charge < -0.3 is 19.7 Å². The molecule has 0 aliphatic heterocycles. The quantitative estimate of drug-likeness (QED) is 0.128. The highest BCUT2D eigenvalue weighted by molar-refractivity contribution is 6.45. The fourth-order valence-corrected chi connectivity index (χ4v) is 13.7. The number of fused-ring (bicyclic) bond motifs is 4. The topological polar surface area (TPSA) is 93.1 Å². The lowest BCUT2D eigenvalue weighted by Crippen LogP contribution is -2.18. The first kappa shape index (κ1) is 43.5. The Kier molecular flexibility index (Phi) is 12.9. The molecule has 0 heterocycles. The van der Waals surface area contributed by atoms with E-state index in [1.807, 2.05) is 12.1 Å². The summed E-state index contributed by atoms with van der Waals surface area (Å²) in [5.41, 5.74) is 6.60. The fourth-order valence-electron chi connectivity index (χ4n) is 8.92. The minimum Gasteiger partial charge on any atom is -0.465 e. The third kappa shape index (κ3) is 8.00. The largest absolute Gasteiger partial charge is 0.465 e. The number of aliphatic hydroxyl groups excluding tert-OH is 2. The number of rotatable bonds is 6. The molecule has 0 fully saturated rings. The molecule has 8 aromatic rings. The van der Waals surface area contributed by atoms with Gasteiger partial charge in [-0.3, -0.25) is 0 Å². The Balaban J connectivity index is 0.000000183. The molecule has 6 nitrogen and oxygen atoms in total. The molecule has 8 rings (SSSR count). The number of benzene rings is 8. The van der Waals surface area contributed by atoms with Crippen LogP contribution >= 0.6 is 0 Å². The average Bonchev–Trinajstić information content (AvgIpc) is 3.24. The van der Waals surface area contributed by atoms with Gasteiger partial charge in [0.05, 0.1) is 38.6 Å². The summed E-state index contributed by atoms with van der Waals surface area (Å²) in [6, 6.07) is 34.5. The minimum atomic E-state index is -0.396. The molecule has 0 aliphatic rings. The maximum atomic E-state index is 13.0. The van der Waals surface area contributed by atoms with Crippen molar-refractivity contribution in [2.45, 2.75) is 13.2 Å². The first-order valence-corrected chi connectivity index (χ1v) is 28.2. The second-order valence-electron chi connectivity index (χ2n) is 16.2. The molecule has 0 aromatic heterocycles. The van der Waals surface area contributed by atoms with E-state index in [9.17, 15) is 19.8 Å². The van der Waals surface area contributed by atoms with Crippen molar-refractivity contribution >= 4 is 178 Å². The predicted molar refractivity (Wildman–Crippen MR) is 285 cm³/mol. The van der Waals surface area contributed by atoms with Crippen LogP contribution in [0.25, 0.3) is 65.3 Å². The molecule has 0 bridgehead atoms. The summed E-state index contributed by atoms with van der Waals surface area (Å²) in [6.45, 7) is 0.0216. The molecule has 0 saturated heterocycles. The van der Waals surface area contributed by atoms with Crippen molar-refractivity contribution in [3.8, 4) is 22.3 Å². The van der Waals surface area contributed by atoms with Crippen molar-refractivity contribution in [1.82, 2.24) is 0 Å². The summed E-state index contributed by atoms with van der Waals surface area (Å²) >= 11 is 0. The zero-order valence-corrected chi connectivity index (χ0v) is 52.2. The van der Waals surface area contributed by atoms with Gasteiger partial charge in [0.15, 0.2) is 0 Å². The summed E-state index contributed by atoms with van der Waals surface area (Å²) in [7, 11) is 10.2. The van der Waals surface area contributed by atoms with Crippen LogP contribution in [0.2, 0.25) is 0 Å². The second-order valence-corrected chi connectivity index (χ2v) is 25.1. The van der Waals surface area contributed by atoms with Gasteiger partial charge in [0.2, 0.25) is 0 Å². The number of hydrogen-bond donors (Lipinski definition) is 2. The van der Waals surface area contributed by atoms with E-state index in [4.69, 9.17) is 9.47 Å². The Morgan fingerprint density at radius 3 is 0.933 bits per heavy atom. The van der Waals surface area contributed by atoms with E-state index >= 15 is 0 Å². The zero-order chi connectivity index (χ0) is 43.2. The molecular weight excluding hydrogens is 873 g/mol. The van der Waals surface area contributed by atoms with Gasteiger partial charge in [0.25, 0.3) is 0 Å². The predicted octanol–water partition coefficient (Wildman–Crippen LogP) is -6.20. The lowest BCUT2D eigenvalue weighted by atomic mass is 9.87. The molecule has 0 amide bonds. The van der Waals surface area contributed by atoms with Crippen molar-refractivity contribution < 1.29 is 29.3 Å². The summed E-state index contributed by atoms with van der Waals surface area (Å²) in [5, 5.41) is 40.0. The second kappa shape index (κ2) is 17.8. The van der Waals surface area contributed by atoms with Crippen LogP contribution in [0, 0.1) is 0 Å². The first-order valence-electron chi connectivity index (χ1n) is 20.2. The van der Waals surface area contributed by atoms with Crippen LogP contribution in [-0.4, -0.2) is 118 Å². The molecule has 14 heteroatoms. The van der Waals surface area contributed by atoms with Gasteiger partial charge in [0.1, 0.15) is 0 Å². The number of methoxy groups -OCH3 is 2.